The van der Waals surface area contributed by atoms with Gasteiger partial charge in [0.2, 0.25) is 0 Å². The number of hydrazone groups is 1. The summed E-state index contributed by atoms with van der Waals surface area (Å²) in [5.41, 5.74) is 1.51. The number of hydrogen-bond donors (Lipinski definition) is 6. The molecule has 0 radical (unpaired) electrons. The van der Waals surface area contributed by atoms with Gasteiger partial charge in [0.05, 0.1) is 16.6 Å². The predicted molar refractivity (Wildman–Crippen MR) is 126 cm³/mol. The Hall–Kier alpha value is -3.41. The van der Waals surface area contributed by atoms with Crippen molar-refractivity contribution in [3.8, 4) is 0 Å². The van der Waals surface area contributed by atoms with Crippen LogP contribution in [0, 0.1) is 5.82 Å². The number of aromatic nitrogens is 2. The highest BCUT2D eigenvalue weighted by Gasteiger charge is 2.26. The summed E-state index contributed by atoms with van der Waals surface area (Å²) in [5.74, 6) is 9.12. The molecule has 2 saturated carbocycles. The minimum absolute atomic E-state index is 0.0593. The van der Waals surface area contributed by atoms with Crippen molar-refractivity contribution < 1.29 is 14.3 Å². The zero-order chi connectivity index (χ0) is 24.2. The van der Waals surface area contributed by atoms with Crippen LogP contribution in [0.2, 0.25) is 0 Å². The quantitative estimate of drug-likeness (QED) is 0.141. The maximum atomic E-state index is 15.1. The molecular formula is C22H32FN8O3+. The van der Waals surface area contributed by atoms with Gasteiger partial charge in [0, 0.05) is 12.1 Å². The molecule has 184 valence electrons. The number of hydrogen-bond acceptors (Lipinski definition) is 6. The average molecular weight is 476 g/mol. The van der Waals surface area contributed by atoms with Gasteiger partial charge in [-0.25, -0.2) is 24.5 Å². The lowest BCUT2D eigenvalue weighted by Crippen LogP contribution is -2.86. The second-order valence-corrected chi connectivity index (χ2v) is 9.02. The van der Waals surface area contributed by atoms with Gasteiger partial charge >= 0.3 is 17.6 Å². The van der Waals surface area contributed by atoms with Crippen molar-refractivity contribution in [1.29, 1.82) is 0 Å². The van der Waals surface area contributed by atoms with Crippen molar-refractivity contribution >= 4 is 28.5 Å². The van der Waals surface area contributed by atoms with E-state index >= 15 is 4.39 Å². The fourth-order valence-electron chi connectivity index (χ4n) is 5.07. The van der Waals surface area contributed by atoms with E-state index < -0.39 is 29.5 Å². The van der Waals surface area contributed by atoms with Gasteiger partial charge in [-0.05, 0) is 37.8 Å². The standard InChI is InChI=1S/C22H31FN8O3/c23-16-10-15-18(11-17(16)26-13-6-2-1-3-7-13)31(14-8-4-5-9-14)22(34)30(20(15)33)12-19(32)27-21(28-24)29-25/h10-11,13-14,26H,1-9,12,24-25H2,(H2,27,28,29,32)/p+1. The van der Waals surface area contributed by atoms with E-state index in [1.165, 1.54) is 12.5 Å². The van der Waals surface area contributed by atoms with Gasteiger partial charge in [0.25, 0.3) is 5.56 Å². The molecule has 0 saturated heterocycles. The first-order chi connectivity index (χ1) is 16.4. The summed E-state index contributed by atoms with van der Waals surface area (Å²) in [5, 5.41) is 7.82. The number of carbonyl (C=O) groups excluding carboxylic acids is 1. The Morgan fingerprint density at radius 1 is 1.09 bits per heavy atom. The normalized spacial score (nSPS) is 17.8. The number of fused-ring (bicyclic) bond motifs is 1. The zero-order valence-electron chi connectivity index (χ0n) is 19.0. The number of nitrogens with zero attached hydrogens (tertiary/aromatic N) is 2. The molecule has 1 heterocycles. The van der Waals surface area contributed by atoms with Gasteiger partial charge in [0.1, 0.15) is 12.4 Å². The molecular weight excluding hydrogens is 443 g/mol. The van der Waals surface area contributed by atoms with Gasteiger partial charge in [-0.15, -0.1) is 0 Å². The number of rotatable bonds is 5. The van der Waals surface area contributed by atoms with Crippen LogP contribution in [0.15, 0.2) is 21.7 Å². The number of carbonyl (C=O) groups is 1. The Morgan fingerprint density at radius 2 is 1.76 bits per heavy atom. The van der Waals surface area contributed by atoms with Crippen molar-refractivity contribution in [2.45, 2.75) is 76.4 Å². The van der Waals surface area contributed by atoms with E-state index in [2.05, 4.69) is 21.2 Å². The van der Waals surface area contributed by atoms with Crippen molar-refractivity contribution in [3.05, 3.63) is 38.8 Å². The van der Waals surface area contributed by atoms with Gasteiger partial charge in [-0.3, -0.25) is 20.0 Å². The molecule has 0 spiro atoms. The zero-order valence-corrected chi connectivity index (χ0v) is 19.0. The summed E-state index contributed by atoms with van der Waals surface area (Å²) in [4.78, 5) is 39.1. The monoisotopic (exact) mass is 475 g/mol. The lowest BCUT2D eigenvalue weighted by atomic mass is 9.95. The number of nitrogens with one attached hydrogen (secondary N) is 4. The predicted octanol–water partition coefficient (Wildman–Crippen LogP) is -0.948. The molecule has 2 aromatic rings. The molecule has 34 heavy (non-hydrogen) atoms. The highest BCUT2D eigenvalue weighted by molar-refractivity contribution is 5.94. The molecule has 4 rings (SSSR count). The van der Waals surface area contributed by atoms with Gasteiger partial charge in [0.15, 0.2) is 0 Å². The second kappa shape index (κ2) is 10.2. The molecule has 11 nitrogen and oxygen atoms in total. The molecule has 0 unspecified atom stereocenters. The SMILES string of the molecule is NN/C(NC(=O)Cn1c(=O)c2cc(F)c(NC3CCCCC3)cc2n(C2CCCC2)c1=O)=[NH+]\N. The summed E-state index contributed by atoms with van der Waals surface area (Å²) >= 11 is 0. The summed E-state index contributed by atoms with van der Waals surface area (Å²) < 4.78 is 17.5. The minimum atomic E-state index is -0.726. The highest BCUT2D eigenvalue weighted by atomic mass is 19.1. The Morgan fingerprint density at radius 3 is 2.41 bits per heavy atom. The molecule has 1 amide bonds. The summed E-state index contributed by atoms with van der Waals surface area (Å²) in [6, 6.07) is 2.78. The Balaban J connectivity index is 1.80. The molecule has 0 atom stereocenters. The van der Waals surface area contributed by atoms with Crippen molar-refractivity contribution in [2.24, 2.45) is 11.7 Å². The average Bonchev–Trinajstić information content (AvgIpc) is 3.36. The van der Waals surface area contributed by atoms with Crippen LogP contribution in [0.1, 0.15) is 63.8 Å². The number of halogens is 1. The maximum absolute atomic E-state index is 15.1. The maximum Gasteiger partial charge on any atom is 0.389 e. The number of guanidine groups is 1. The lowest BCUT2D eigenvalue weighted by Gasteiger charge is -2.25. The minimum Gasteiger partial charge on any atom is -0.380 e. The van der Waals surface area contributed by atoms with E-state index in [4.69, 9.17) is 11.7 Å². The number of nitrogens with two attached hydrogens (primary N) is 2. The third-order valence-electron chi connectivity index (χ3n) is 6.77. The molecule has 0 bridgehead atoms. The van der Waals surface area contributed by atoms with Crippen LogP contribution in [0.3, 0.4) is 0 Å². The van der Waals surface area contributed by atoms with E-state index in [9.17, 15) is 14.4 Å². The fourth-order valence-corrected chi connectivity index (χ4v) is 5.07. The molecule has 2 aliphatic rings. The first kappa shape index (κ1) is 23.7. The van der Waals surface area contributed by atoms with Gasteiger partial charge in [-0.2, -0.15) is 10.9 Å². The van der Waals surface area contributed by atoms with E-state index in [1.54, 1.807) is 10.6 Å². The number of benzene rings is 1. The number of hydrazine groups is 2. The first-order valence-electron chi connectivity index (χ1n) is 11.8. The highest BCUT2D eigenvalue weighted by Crippen LogP contribution is 2.32. The number of amides is 1. The van der Waals surface area contributed by atoms with Crippen LogP contribution in [-0.2, 0) is 11.3 Å². The van der Waals surface area contributed by atoms with Crippen molar-refractivity contribution in [2.75, 3.05) is 5.32 Å². The summed E-state index contributed by atoms with van der Waals surface area (Å²) in [7, 11) is 0. The fraction of sp³-hybridized carbons (Fsp3) is 0.545. The van der Waals surface area contributed by atoms with Crippen LogP contribution in [0.4, 0.5) is 10.1 Å². The molecule has 1 aromatic heterocycles. The van der Waals surface area contributed by atoms with E-state index in [1.807, 2.05) is 0 Å². The Bertz CT molecular complexity index is 1210. The van der Waals surface area contributed by atoms with E-state index in [0.29, 0.717) is 11.2 Å². The largest absolute Gasteiger partial charge is 0.389 e. The third-order valence-corrected chi connectivity index (χ3v) is 6.77. The van der Waals surface area contributed by atoms with Crippen LogP contribution in [0.25, 0.3) is 10.9 Å². The van der Waals surface area contributed by atoms with E-state index in [0.717, 1.165) is 55.9 Å². The summed E-state index contributed by atoms with van der Waals surface area (Å²) in [6.07, 6.45) is 8.72. The van der Waals surface area contributed by atoms with Crippen LogP contribution < -0.4 is 44.1 Å². The van der Waals surface area contributed by atoms with Gasteiger partial charge < -0.3 is 5.32 Å². The second-order valence-electron chi connectivity index (χ2n) is 9.02. The molecule has 8 N–H and O–H groups in total. The van der Waals surface area contributed by atoms with Crippen LogP contribution in [0.5, 0.6) is 0 Å². The first-order valence-corrected chi connectivity index (χ1v) is 11.8. The molecule has 12 heteroatoms. The van der Waals surface area contributed by atoms with Gasteiger partial charge in [-0.1, -0.05) is 32.1 Å². The third kappa shape index (κ3) is 4.76. The molecule has 1 aromatic carbocycles. The lowest BCUT2D eigenvalue weighted by molar-refractivity contribution is -0.473. The van der Waals surface area contributed by atoms with Crippen molar-refractivity contribution in [1.82, 2.24) is 19.9 Å². The molecule has 2 aliphatic carbocycles. The topological polar surface area (TPSA) is 163 Å². The smallest absolute Gasteiger partial charge is 0.380 e. The summed E-state index contributed by atoms with van der Waals surface area (Å²) in [6.45, 7) is -0.573. The van der Waals surface area contributed by atoms with Crippen molar-refractivity contribution in [3.63, 3.8) is 0 Å². The number of anilines is 1. The molecule has 2 fully saturated rings. The Labute approximate surface area is 195 Å². The molecule has 0 aliphatic heterocycles. The van der Waals surface area contributed by atoms with Crippen LogP contribution in [-0.4, -0.2) is 27.0 Å². The Kier molecular flexibility index (Phi) is 7.15. The van der Waals surface area contributed by atoms with Crippen LogP contribution >= 0.6 is 0 Å². The van der Waals surface area contributed by atoms with E-state index in [-0.39, 0.29) is 23.4 Å².